The molecule has 4 rings (SSSR count). The Morgan fingerprint density at radius 2 is 1.94 bits per heavy atom. The SMILES string of the molecule is O=C(O)COc1ccc(C=Nc2sc3c(c2C(=O)NCc2ccccc2)CCCC3)cc1Br. The van der Waals surface area contributed by atoms with Crippen molar-refractivity contribution in [1.82, 2.24) is 5.32 Å². The lowest BCUT2D eigenvalue weighted by molar-refractivity contribution is -0.139. The number of carbonyl (C=O) groups is 2. The maximum Gasteiger partial charge on any atom is 0.341 e. The number of aryl methyl sites for hydroxylation is 1. The molecule has 0 saturated heterocycles. The number of aliphatic imine (C=N–C) groups is 1. The van der Waals surface area contributed by atoms with Crippen molar-refractivity contribution in [1.29, 1.82) is 0 Å². The van der Waals surface area contributed by atoms with Crippen molar-refractivity contribution in [3.05, 3.63) is 80.1 Å². The summed E-state index contributed by atoms with van der Waals surface area (Å²) in [6.45, 7) is 0.0619. The average Bonchev–Trinajstić information content (AvgIpc) is 3.19. The first kappa shape index (κ1) is 23.2. The Morgan fingerprint density at radius 1 is 1.15 bits per heavy atom. The van der Waals surface area contributed by atoms with E-state index in [1.54, 1.807) is 29.7 Å². The molecule has 0 bridgehead atoms. The number of amides is 1. The van der Waals surface area contributed by atoms with Gasteiger partial charge in [0, 0.05) is 17.6 Å². The maximum atomic E-state index is 13.2. The quantitative estimate of drug-likeness (QED) is 0.377. The molecule has 1 amide bonds. The standard InChI is InChI=1S/C25H23BrN2O4S/c26-19-12-17(10-11-20(19)32-15-22(29)30)14-28-25-23(18-8-4-5-9-21(18)33-25)24(31)27-13-16-6-2-1-3-7-16/h1-3,6-7,10-12,14H,4-5,8-9,13,15H2,(H,27,31)(H,29,30). The van der Waals surface area contributed by atoms with E-state index in [-0.39, 0.29) is 5.91 Å². The first-order valence-corrected chi connectivity index (χ1v) is 12.3. The Bertz CT molecular complexity index is 1190. The van der Waals surface area contributed by atoms with E-state index < -0.39 is 12.6 Å². The van der Waals surface area contributed by atoms with Gasteiger partial charge in [0.05, 0.1) is 10.0 Å². The average molecular weight is 527 g/mol. The molecule has 1 aliphatic carbocycles. The fourth-order valence-electron chi connectivity index (χ4n) is 3.73. The highest BCUT2D eigenvalue weighted by atomic mass is 79.9. The second-order valence-electron chi connectivity index (χ2n) is 7.69. The molecule has 0 unspecified atom stereocenters. The molecule has 6 nitrogen and oxygen atoms in total. The van der Waals surface area contributed by atoms with Gasteiger partial charge in [-0.2, -0.15) is 0 Å². The normalized spacial score (nSPS) is 13.0. The van der Waals surface area contributed by atoms with E-state index in [4.69, 9.17) is 9.84 Å². The molecule has 33 heavy (non-hydrogen) atoms. The van der Waals surface area contributed by atoms with Crippen molar-refractivity contribution >= 4 is 50.4 Å². The van der Waals surface area contributed by atoms with Crippen LogP contribution >= 0.6 is 27.3 Å². The van der Waals surface area contributed by atoms with Gasteiger partial charge in [-0.25, -0.2) is 9.79 Å². The van der Waals surface area contributed by atoms with Crippen LogP contribution < -0.4 is 10.1 Å². The molecule has 1 heterocycles. The molecule has 0 fully saturated rings. The van der Waals surface area contributed by atoms with E-state index >= 15 is 0 Å². The highest BCUT2D eigenvalue weighted by Crippen LogP contribution is 2.40. The number of hydrogen-bond acceptors (Lipinski definition) is 5. The lowest BCUT2D eigenvalue weighted by Gasteiger charge is -2.12. The third-order valence-corrected chi connectivity index (χ3v) is 7.13. The number of benzene rings is 2. The van der Waals surface area contributed by atoms with Gasteiger partial charge in [-0.1, -0.05) is 30.3 Å². The molecule has 170 valence electrons. The summed E-state index contributed by atoms with van der Waals surface area (Å²) in [7, 11) is 0. The second kappa shape index (κ2) is 10.8. The summed E-state index contributed by atoms with van der Waals surface area (Å²) >= 11 is 5.00. The van der Waals surface area contributed by atoms with Crippen molar-refractivity contribution in [3.63, 3.8) is 0 Å². The number of nitrogens with one attached hydrogen (secondary N) is 1. The van der Waals surface area contributed by atoms with Gasteiger partial charge < -0.3 is 15.2 Å². The van der Waals surface area contributed by atoms with Crippen molar-refractivity contribution in [2.24, 2.45) is 4.99 Å². The molecule has 0 saturated carbocycles. The number of carboxylic acids is 1. The van der Waals surface area contributed by atoms with Crippen LogP contribution in [-0.4, -0.2) is 29.8 Å². The first-order valence-electron chi connectivity index (χ1n) is 10.7. The van der Waals surface area contributed by atoms with Gasteiger partial charge >= 0.3 is 5.97 Å². The number of carbonyl (C=O) groups excluding carboxylic acids is 1. The number of carboxylic acid groups (broad SMARTS) is 1. The molecule has 1 aromatic heterocycles. The van der Waals surface area contributed by atoms with E-state index in [9.17, 15) is 9.59 Å². The molecule has 0 radical (unpaired) electrons. The summed E-state index contributed by atoms with van der Waals surface area (Å²) in [4.78, 5) is 29.8. The van der Waals surface area contributed by atoms with Crippen LogP contribution in [0.15, 0.2) is 58.0 Å². The molecule has 0 spiro atoms. The number of ether oxygens (including phenoxy) is 1. The maximum absolute atomic E-state index is 13.2. The molecule has 2 N–H and O–H groups in total. The van der Waals surface area contributed by atoms with Gasteiger partial charge in [-0.05, 0) is 76.5 Å². The molecule has 3 aromatic rings. The van der Waals surface area contributed by atoms with E-state index in [0.717, 1.165) is 47.4 Å². The highest BCUT2D eigenvalue weighted by molar-refractivity contribution is 9.10. The van der Waals surface area contributed by atoms with Gasteiger partial charge in [0.15, 0.2) is 6.61 Å². The van der Waals surface area contributed by atoms with E-state index in [0.29, 0.717) is 22.3 Å². The van der Waals surface area contributed by atoms with E-state index in [1.807, 2.05) is 36.4 Å². The number of thiophene rings is 1. The topological polar surface area (TPSA) is 88.0 Å². The Hall–Kier alpha value is -2.97. The summed E-state index contributed by atoms with van der Waals surface area (Å²) in [5.41, 5.74) is 3.67. The van der Waals surface area contributed by atoms with E-state index in [2.05, 4.69) is 26.2 Å². The monoisotopic (exact) mass is 526 g/mol. The number of rotatable bonds is 8. The largest absolute Gasteiger partial charge is 0.481 e. The third-order valence-electron chi connectivity index (χ3n) is 5.31. The number of halogens is 1. The zero-order chi connectivity index (χ0) is 23.2. The van der Waals surface area contributed by atoms with Crippen LogP contribution in [0.4, 0.5) is 5.00 Å². The van der Waals surface area contributed by atoms with Crippen LogP contribution in [0.2, 0.25) is 0 Å². The number of fused-ring (bicyclic) bond motifs is 1. The number of hydrogen-bond donors (Lipinski definition) is 2. The zero-order valence-electron chi connectivity index (χ0n) is 17.8. The summed E-state index contributed by atoms with van der Waals surface area (Å²) in [5.74, 6) is -0.682. The Balaban J connectivity index is 1.55. The molecule has 0 atom stereocenters. The summed E-state index contributed by atoms with van der Waals surface area (Å²) in [6, 6.07) is 15.2. The lowest BCUT2D eigenvalue weighted by atomic mass is 9.95. The molecule has 8 heteroatoms. The fraction of sp³-hybridized carbons (Fsp3) is 0.240. The third kappa shape index (κ3) is 5.89. The van der Waals surface area contributed by atoms with Crippen LogP contribution in [0.5, 0.6) is 5.75 Å². The van der Waals surface area contributed by atoms with Gasteiger partial charge in [-0.3, -0.25) is 4.79 Å². The molecular formula is C25H23BrN2O4S. The van der Waals surface area contributed by atoms with Crippen LogP contribution in [-0.2, 0) is 24.2 Å². The van der Waals surface area contributed by atoms with Crippen molar-refractivity contribution < 1.29 is 19.4 Å². The Labute approximate surface area is 204 Å². The Kier molecular flexibility index (Phi) is 7.57. The second-order valence-corrected chi connectivity index (χ2v) is 9.63. The smallest absolute Gasteiger partial charge is 0.341 e. The molecular weight excluding hydrogens is 504 g/mol. The number of aliphatic carboxylic acids is 1. The van der Waals surface area contributed by atoms with Crippen molar-refractivity contribution in [2.45, 2.75) is 32.2 Å². The summed E-state index contributed by atoms with van der Waals surface area (Å²) in [6.07, 6.45) is 5.81. The van der Waals surface area contributed by atoms with Crippen LogP contribution in [0.25, 0.3) is 0 Å². The van der Waals surface area contributed by atoms with E-state index in [1.165, 1.54) is 4.88 Å². The lowest BCUT2D eigenvalue weighted by Crippen LogP contribution is -2.24. The van der Waals surface area contributed by atoms with Gasteiger partial charge in [-0.15, -0.1) is 11.3 Å². The summed E-state index contributed by atoms with van der Waals surface area (Å²) in [5, 5.41) is 12.5. The van der Waals surface area contributed by atoms with Crippen LogP contribution in [0, 0.1) is 0 Å². The number of nitrogens with zero attached hydrogens (tertiary/aromatic N) is 1. The fourth-order valence-corrected chi connectivity index (χ4v) is 5.47. The molecule has 2 aromatic carbocycles. The predicted molar refractivity (Wildman–Crippen MR) is 133 cm³/mol. The van der Waals surface area contributed by atoms with Gasteiger partial charge in [0.2, 0.25) is 0 Å². The van der Waals surface area contributed by atoms with Gasteiger partial charge in [0.1, 0.15) is 10.8 Å². The molecule has 1 aliphatic rings. The first-order chi connectivity index (χ1) is 16.0. The Morgan fingerprint density at radius 3 is 2.70 bits per heavy atom. The minimum Gasteiger partial charge on any atom is -0.481 e. The van der Waals surface area contributed by atoms with Crippen LogP contribution in [0.1, 0.15) is 44.8 Å². The predicted octanol–water partition coefficient (Wildman–Crippen LogP) is 5.53. The van der Waals surface area contributed by atoms with Crippen molar-refractivity contribution in [3.8, 4) is 5.75 Å². The highest BCUT2D eigenvalue weighted by Gasteiger charge is 2.25. The zero-order valence-corrected chi connectivity index (χ0v) is 20.2. The summed E-state index contributed by atoms with van der Waals surface area (Å²) < 4.78 is 5.88. The van der Waals surface area contributed by atoms with Gasteiger partial charge in [0.25, 0.3) is 5.91 Å². The van der Waals surface area contributed by atoms with Crippen LogP contribution in [0.3, 0.4) is 0 Å². The van der Waals surface area contributed by atoms with Crippen molar-refractivity contribution in [2.75, 3.05) is 6.61 Å². The minimum atomic E-state index is -1.03. The molecule has 0 aliphatic heterocycles. The minimum absolute atomic E-state index is 0.0935.